The summed E-state index contributed by atoms with van der Waals surface area (Å²) in [6.45, 7) is 2.80. The van der Waals surface area contributed by atoms with Gasteiger partial charge in [0.05, 0.1) is 12.7 Å². The summed E-state index contributed by atoms with van der Waals surface area (Å²) in [7, 11) is 0. The monoisotopic (exact) mass is 340 g/mol. The third-order valence-electron chi connectivity index (χ3n) is 4.36. The van der Waals surface area contributed by atoms with Crippen LogP contribution in [0.25, 0.3) is 22.2 Å². The lowest BCUT2D eigenvalue weighted by Crippen LogP contribution is -2.34. The largest absolute Gasteiger partial charge is 0.454 e. The summed E-state index contributed by atoms with van der Waals surface area (Å²) < 4.78 is 12.3. The van der Waals surface area contributed by atoms with Gasteiger partial charge in [0.2, 0.25) is 6.79 Å². The van der Waals surface area contributed by atoms with Crippen molar-refractivity contribution in [2.24, 2.45) is 0 Å². The van der Waals surface area contributed by atoms with Gasteiger partial charge in [-0.05, 0) is 30.2 Å². The maximum atomic E-state index is 12.5. The van der Waals surface area contributed by atoms with E-state index in [0.717, 1.165) is 24.0 Å². The molecule has 1 aliphatic heterocycles. The molecule has 0 radical (unpaired) electrons. The fourth-order valence-electron chi connectivity index (χ4n) is 3.09. The minimum atomic E-state index is -0.405. The number of aromatic nitrogens is 3. The van der Waals surface area contributed by atoms with Crippen molar-refractivity contribution in [3.8, 4) is 22.6 Å². The van der Waals surface area contributed by atoms with E-state index in [1.807, 2.05) is 24.3 Å². The number of aryl methyl sites for hydroxylation is 1. The van der Waals surface area contributed by atoms with Gasteiger partial charge in [0.15, 0.2) is 11.5 Å². The van der Waals surface area contributed by atoms with Gasteiger partial charge in [0.25, 0.3) is 11.2 Å². The Balaban J connectivity index is 1.96. The van der Waals surface area contributed by atoms with E-state index in [9.17, 15) is 9.59 Å². The Kier molecular flexibility index (Phi) is 3.76. The van der Waals surface area contributed by atoms with Crippen molar-refractivity contribution in [3.63, 3.8) is 0 Å². The lowest BCUT2D eigenvalue weighted by molar-refractivity contribution is -0.349. The first kappa shape index (κ1) is 15.4. The quantitative estimate of drug-likeness (QED) is 0.783. The number of hydrogen-bond donors (Lipinski definition) is 1. The number of rotatable bonds is 4. The minimum Gasteiger partial charge on any atom is -0.454 e. The molecule has 0 saturated heterocycles. The number of ether oxygens (including phenoxy) is 2. The van der Waals surface area contributed by atoms with Crippen molar-refractivity contribution >= 4 is 11.0 Å². The third kappa shape index (κ3) is 2.57. The second kappa shape index (κ2) is 6.08. The molecule has 0 spiro atoms. The van der Waals surface area contributed by atoms with Crippen LogP contribution < -0.4 is 25.7 Å². The van der Waals surface area contributed by atoms with Gasteiger partial charge in [0, 0.05) is 5.56 Å². The molecule has 0 saturated carbocycles. The van der Waals surface area contributed by atoms with E-state index in [-0.39, 0.29) is 6.79 Å². The summed E-state index contributed by atoms with van der Waals surface area (Å²) in [5.74, 6) is 1.33. The molecular weight excluding hydrogens is 322 g/mol. The highest BCUT2D eigenvalue weighted by Crippen LogP contribution is 2.36. The molecule has 4 rings (SSSR count). The summed E-state index contributed by atoms with van der Waals surface area (Å²) in [6, 6.07) is 7.37. The number of H-pyrrole nitrogens is 2. The lowest BCUT2D eigenvalue weighted by Gasteiger charge is -2.07. The first-order valence-electron chi connectivity index (χ1n) is 8.26. The van der Waals surface area contributed by atoms with Crippen LogP contribution in [0.15, 0.2) is 40.1 Å². The Morgan fingerprint density at radius 3 is 2.88 bits per heavy atom. The molecule has 25 heavy (non-hydrogen) atoms. The fraction of sp³-hybridized carbons (Fsp3) is 0.278. The Morgan fingerprint density at radius 1 is 1.20 bits per heavy atom. The number of nitrogens with zero attached hydrogens (tertiary/aromatic N) is 1. The number of unbranched alkanes of at least 4 members (excludes halogenated alkanes) is 1. The van der Waals surface area contributed by atoms with Gasteiger partial charge >= 0.3 is 5.69 Å². The summed E-state index contributed by atoms with van der Waals surface area (Å²) in [4.78, 5) is 30.2. The first-order valence-corrected chi connectivity index (χ1v) is 8.26. The van der Waals surface area contributed by atoms with Crippen LogP contribution in [0.4, 0.5) is 0 Å². The zero-order valence-electron chi connectivity index (χ0n) is 13.8. The second-order valence-corrected chi connectivity index (χ2v) is 5.95. The zero-order chi connectivity index (χ0) is 17.4. The van der Waals surface area contributed by atoms with Crippen molar-refractivity contribution in [1.82, 2.24) is 9.55 Å². The molecule has 7 nitrogen and oxygen atoms in total. The van der Waals surface area contributed by atoms with Crippen molar-refractivity contribution in [1.29, 1.82) is 0 Å². The highest BCUT2D eigenvalue weighted by atomic mass is 16.7. The molecule has 0 atom stereocenters. The maximum Gasteiger partial charge on any atom is 0.415 e. The van der Waals surface area contributed by atoms with Crippen LogP contribution in [0.2, 0.25) is 0 Å². The van der Waals surface area contributed by atoms with E-state index < -0.39 is 11.2 Å². The molecule has 0 fully saturated rings. The topological polar surface area (TPSA) is 87.5 Å². The number of benzene rings is 1. The molecule has 2 aromatic heterocycles. The van der Waals surface area contributed by atoms with E-state index in [1.165, 1.54) is 0 Å². The van der Waals surface area contributed by atoms with Gasteiger partial charge in [-0.2, -0.15) is 4.57 Å². The number of aromatic amines is 2. The number of nitrogens with one attached hydrogen (secondary N) is 2. The van der Waals surface area contributed by atoms with Crippen LogP contribution >= 0.6 is 0 Å². The molecule has 7 heteroatoms. The normalized spacial score (nSPS) is 12.7. The third-order valence-corrected chi connectivity index (χ3v) is 4.36. The van der Waals surface area contributed by atoms with Crippen LogP contribution in [-0.4, -0.2) is 16.3 Å². The van der Waals surface area contributed by atoms with Crippen LogP contribution in [-0.2, 0) is 6.54 Å². The zero-order valence-corrected chi connectivity index (χ0v) is 13.8. The SMILES string of the molecule is CCCCn1c(=O)[nH]c(=O)c2c(-c3ccc4c(c3)OCO4)cc[nH+]c21. The van der Waals surface area contributed by atoms with Crippen molar-refractivity contribution in [2.45, 2.75) is 26.3 Å². The summed E-state index contributed by atoms with van der Waals surface area (Å²) in [6.07, 6.45) is 3.54. The molecule has 3 aromatic rings. The minimum absolute atomic E-state index is 0.194. The van der Waals surface area contributed by atoms with Crippen molar-refractivity contribution in [3.05, 3.63) is 51.3 Å². The molecule has 128 valence electrons. The average molecular weight is 340 g/mol. The Hall–Kier alpha value is -3.09. The molecule has 0 amide bonds. The highest BCUT2D eigenvalue weighted by Gasteiger charge is 2.21. The summed E-state index contributed by atoms with van der Waals surface area (Å²) in [5.41, 5.74) is 1.28. The predicted octanol–water partition coefficient (Wildman–Crippen LogP) is 1.70. The van der Waals surface area contributed by atoms with Crippen LogP contribution in [0.1, 0.15) is 19.8 Å². The lowest BCUT2D eigenvalue weighted by atomic mass is 10.0. The Labute approximate surface area is 142 Å². The number of pyridine rings is 1. The van der Waals surface area contributed by atoms with E-state index in [1.54, 1.807) is 10.8 Å². The van der Waals surface area contributed by atoms with Crippen molar-refractivity contribution < 1.29 is 14.5 Å². The number of fused-ring (bicyclic) bond motifs is 2. The van der Waals surface area contributed by atoms with Gasteiger partial charge in [0.1, 0.15) is 5.39 Å². The molecule has 0 unspecified atom stereocenters. The maximum absolute atomic E-state index is 12.5. The molecular formula is C18H18N3O4+. The summed E-state index contributed by atoms with van der Waals surface area (Å²) >= 11 is 0. The van der Waals surface area contributed by atoms with Gasteiger partial charge < -0.3 is 9.47 Å². The van der Waals surface area contributed by atoms with E-state index >= 15 is 0 Å². The first-order chi connectivity index (χ1) is 12.2. The van der Waals surface area contributed by atoms with Crippen LogP contribution in [0.5, 0.6) is 11.5 Å². The van der Waals surface area contributed by atoms with E-state index in [0.29, 0.717) is 29.1 Å². The molecule has 0 aliphatic carbocycles. The molecule has 3 heterocycles. The Morgan fingerprint density at radius 2 is 2.04 bits per heavy atom. The molecule has 1 aromatic carbocycles. The molecule has 1 aliphatic rings. The molecule has 2 N–H and O–H groups in total. The number of hydrogen-bond acceptors (Lipinski definition) is 4. The smallest absolute Gasteiger partial charge is 0.415 e. The molecule has 0 bridgehead atoms. The predicted molar refractivity (Wildman–Crippen MR) is 91.9 cm³/mol. The van der Waals surface area contributed by atoms with Gasteiger partial charge in [-0.3, -0.25) is 9.78 Å². The van der Waals surface area contributed by atoms with Gasteiger partial charge in [-0.1, -0.05) is 19.4 Å². The average Bonchev–Trinajstić information content (AvgIpc) is 3.08. The second-order valence-electron chi connectivity index (χ2n) is 5.95. The van der Waals surface area contributed by atoms with E-state index in [2.05, 4.69) is 16.9 Å². The standard InChI is InChI=1S/C18H17N3O4/c1-2-3-8-21-16-15(17(22)20-18(21)23)12(6-7-19-16)11-4-5-13-14(9-11)25-10-24-13/h4-7,9H,2-3,8,10H2,1H3,(H,20,22,23)/p+1. The van der Waals surface area contributed by atoms with Crippen LogP contribution in [0.3, 0.4) is 0 Å². The van der Waals surface area contributed by atoms with E-state index in [4.69, 9.17) is 9.47 Å². The summed E-state index contributed by atoms with van der Waals surface area (Å²) in [5, 5.41) is 0.456. The van der Waals surface area contributed by atoms with Crippen molar-refractivity contribution in [2.75, 3.05) is 6.79 Å². The highest BCUT2D eigenvalue weighted by molar-refractivity contribution is 5.90. The van der Waals surface area contributed by atoms with Gasteiger partial charge in [-0.15, -0.1) is 0 Å². The Bertz CT molecular complexity index is 1070. The fourth-order valence-corrected chi connectivity index (χ4v) is 3.09. The van der Waals surface area contributed by atoms with Crippen LogP contribution in [0, 0.1) is 0 Å². The van der Waals surface area contributed by atoms with Gasteiger partial charge in [-0.25, -0.2) is 9.78 Å².